The topological polar surface area (TPSA) is 66.4 Å². The summed E-state index contributed by atoms with van der Waals surface area (Å²) in [6.07, 6.45) is 0.0963. The van der Waals surface area contributed by atoms with Gasteiger partial charge < -0.3 is 10.4 Å². The summed E-state index contributed by atoms with van der Waals surface area (Å²) in [6, 6.07) is 9.12. The monoisotopic (exact) mass is 415 g/mol. The molecular formula is C15H14INO3S. The number of halogens is 1. The van der Waals surface area contributed by atoms with E-state index in [1.54, 1.807) is 12.1 Å². The van der Waals surface area contributed by atoms with Crippen LogP contribution in [0.25, 0.3) is 0 Å². The molecule has 0 fully saturated rings. The molecule has 21 heavy (non-hydrogen) atoms. The van der Waals surface area contributed by atoms with Gasteiger partial charge in [0.05, 0.1) is 14.9 Å². The van der Waals surface area contributed by atoms with Crippen LogP contribution in [0, 0.1) is 2.88 Å². The van der Waals surface area contributed by atoms with Crippen molar-refractivity contribution < 1.29 is 14.7 Å². The summed E-state index contributed by atoms with van der Waals surface area (Å²) in [5, 5.41) is 13.4. The lowest BCUT2D eigenvalue weighted by atomic mass is 9.98. The third-order valence-corrected chi connectivity index (χ3v) is 4.84. The average molecular weight is 415 g/mol. The molecule has 4 nitrogen and oxygen atoms in total. The molecule has 0 aliphatic rings. The van der Waals surface area contributed by atoms with Crippen LogP contribution in [0.3, 0.4) is 0 Å². The Labute approximate surface area is 140 Å². The second-order valence-corrected chi connectivity index (χ2v) is 7.52. The molecule has 0 saturated heterocycles. The minimum absolute atomic E-state index is 0.0503. The number of anilines is 1. The Morgan fingerprint density at radius 1 is 1.33 bits per heavy atom. The van der Waals surface area contributed by atoms with Gasteiger partial charge in [0, 0.05) is 11.1 Å². The second kappa shape index (κ2) is 7.04. The van der Waals surface area contributed by atoms with Gasteiger partial charge in [-0.3, -0.25) is 9.59 Å². The van der Waals surface area contributed by atoms with Crippen LogP contribution < -0.4 is 5.32 Å². The molecule has 6 heteroatoms. The van der Waals surface area contributed by atoms with Gasteiger partial charge in [0.1, 0.15) is 0 Å². The van der Waals surface area contributed by atoms with Crippen molar-refractivity contribution >= 4 is 51.5 Å². The van der Waals surface area contributed by atoms with Crippen molar-refractivity contribution in [2.45, 2.75) is 19.3 Å². The van der Waals surface area contributed by atoms with Crippen LogP contribution in [0.15, 0.2) is 35.7 Å². The summed E-state index contributed by atoms with van der Waals surface area (Å²) in [5.74, 6) is -1.00. The Morgan fingerprint density at radius 2 is 2.00 bits per heavy atom. The van der Waals surface area contributed by atoms with Gasteiger partial charge in [-0.15, -0.1) is 11.3 Å². The molecule has 0 aliphatic heterocycles. The van der Waals surface area contributed by atoms with Crippen molar-refractivity contribution in [3.05, 3.63) is 49.7 Å². The minimum Gasteiger partial charge on any atom is -0.481 e. The molecule has 110 valence electrons. The summed E-state index contributed by atoms with van der Waals surface area (Å²) in [6.45, 7) is 1.87. The first-order valence-corrected chi connectivity index (χ1v) is 8.28. The lowest BCUT2D eigenvalue weighted by molar-refractivity contribution is -0.137. The SMILES string of the molecule is CC(CC(=O)O)c1ccc(NC(=O)c2csc(I)c2)cc1. The second-order valence-electron chi connectivity index (χ2n) is 4.71. The quantitative estimate of drug-likeness (QED) is 0.720. The van der Waals surface area contributed by atoms with Gasteiger partial charge in [-0.1, -0.05) is 19.1 Å². The van der Waals surface area contributed by atoms with E-state index in [4.69, 9.17) is 5.11 Å². The van der Waals surface area contributed by atoms with Gasteiger partial charge in [0.15, 0.2) is 0 Å². The maximum Gasteiger partial charge on any atom is 0.303 e. The summed E-state index contributed by atoms with van der Waals surface area (Å²) in [4.78, 5) is 22.7. The largest absolute Gasteiger partial charge is 0.481 e. The van der Waals surface area contributed by atoms with E-state index in [0.29, 0.717) is 11.3 Å². The zero-order valence-electron chi connectivity index (χ0n) is 11.3. The first-order valence-electron chi connectivity index (χ1n) is 6.33. The number of carboxylic acid groups (broad SMARTS) is 1. The first-order chi connectivity index (χ1) is 9.95. The lowest BCUT2D eigenvalue weighted by Gasteiger charge is -2.10. The number of carboxylic acids is 1. The van der Waals surface area contributed by atoms with Crippen LogP contribution in [0.2, 0.25) is 0 Å². The van der Waals surface area contributed by atoms with Gasteiger partial charge in [-0.2, -0.15) is 0 Å². The van der Waals surface area contributed by atoms with E-state index in [-0.39, 0.29) is 18.2 Å². The van der Waals surface area contributed by atoms with E-state index in [1.165, 1.54) is 11.3 Å². The van der Waals surface area contributed by atoms with Gasteiger partial charge in [-0.05, 0) is 52.3 Å². The first kappa shape index (κ1) is 16.0. The summed E-state index contributed by atoms with van der Waals surface area (Å²) in [7, 11) is 0. The number of rotatable bonds is 5. The smallest absolute Gasteiger partial charge is 0.303 e. The van der Waals surface area contributed by atoms with Crippen LogP contribution in [0.4, 0.5) is 5.69 Å². The molecule has 1 aromatic carbocycles. The Hall–Kier alpha value is -1.41. The van der Waals surface area contributed by atoms with Crippen molar-refractivity contribution in [1.29, 1.82) is 0 Å². The van der Waals surface area contributed by atoms with Gasteiger partial charge in [0.2, 0.25) is 0 Å². The summed E-state index contributed by atoms with van der Waals surface area (Å²) < 4.78 is 1.07. The summed E-state index contributed by atoms with van der Waals surface area (Å²) in [5.41, 5.74) is 2.29. The predicted octanol–water partition coefficient (Wildman–Crippen LogP) is 4.18. The van der Waals surface area contributed by atoms with Gasteiger partial charge in [-0.25, -0.2) is 0 Å². The Kier molecular flexibility index (Phi) is 5.35. The normalized spacial score (nSPS) is 11.9. The number of benzene rings is 1. The third kappa shape index (κ3) is 4.53. The molecule has 1 atom stereocenters. The van der Waals surface area contributed by atoms with Crippen molar-refractivity contribution in [3.63, 3.8) is 0 Å². The molecule has 0 saturated carbocycles. The molecule has 1 aromatic heterocycles. The van der Waals surface area contributed by atoms with E-state index in [0.717, 1.165) is 8.45 Å². The van der Waals surface area contributed by atoms with Gasteiger partial charge in [0.25, 0.3) is 5.91 Å². The molecule has 0 bridgehead atoms. The van der Waals surface area contributed by atoms with E-state index in [1.807, 2.05) is 30.5 Å². The minimum atomic E-state index is -0.813. The number of amides is 1. The van der Waals surface area contributed by atoms with E-state index >= 15 is 0 Å². The molecule has 2 aromatic rings. The van der Waals surface area contributed by atoms with E-state index < -0.39 is 5.97 Å². The van der Waals surface area contributed by atoms with Crippen LogP contribution in [0.5, 0.6) is 0 Å². The van der Waals surface area contributed by atoms with Gasteiger partial charge >= 0.3 is 5.97 Å². The standard InChI is InChI=1S/C15H14INO3S/c1-9(6-14(18)19)10-2-4-12(5-3-10)17-15(20)11-7-13(16)21-8-11/h2-5,7-9H,6H2,1H3,(H,17,20)(H,18,19). The lowest BCUT2D eigenvalue weighted by Crippen LogP contribution is -2.11. The number of hydrogen-bond donors (Lipinski definition) is 2. The van der Waals surface area contributed by atoms with Crippen LogP contribution >= 0.6 is 33.9 Å². The highest BCUT2D eigenvalue weighted by atomic mass is 127. The molecule has 2 N–H and O–H groups in total. The molecule has 1 unspecified atom stereocenters. The van der Waals surface area contributed by atoms with Crippen molar-refractivity contribution in [1.82, 2.24) is 0 Å². The van der Waals surface area contributed by atoms with Crippen LogP contribution in [-0.4, -0.2) is 17.0 Å². The number of nitrogens with one attached hydrogen (secondary N) is 1. The fourth-order valence-electron chi connectivity index (χ4n) is 1.91. The fourth-order valence-corrected chi connectivity index (χ4v) is 3.23. The highest BCUT2D eigenvalue weighted by molar-refractivity contribution is 14.1. The molecule has 0 radical (unpaired) electrons. The molecule has 1 heterocycles. The molecular weight excluding hydrogens is 401 g/mol. The predicted molar refractivity (Wildman–Crippen MR) is 92.1 cm³/mol. The number of thiophene rings is 1. The summed E-state index contributed by atoms with van der Waals surface area (Å²) >= 11 is 3.70. The maximum atomic E-state index is 12.0. The maximum absolute atomic E-state index is 12.0. The van der Waals surface area contributed by atoms with Crippen molar-refractivity contribution in [3.8, 4) is 0 Å². The van der Waals surface area contributed by atoms with Crippen molar-refractivity contribution in [2.75, 3.05) is 5.32 Å². The Morgan fingerprint density at radius 3 is 2.52 bits per heavy atom. The zero-order valence-corrected chi connectivity index (χ0v) is 14.3. The van der Waals surface area contributed by atoms with Crippen LogP contribution in [-0.2, 0) is 4.79 Å². The number of aliphatic carboxylic acids is 1. The Balaban J connectivity index is 2.02. The zero-order chi connectivity index (χ0) is 15.4. The average Bonchev–Trinajstić information content (AvgIpc) is 2.85. The molecule has 0 aliphatic carbocycles. The molecule has 2 rings (SSSR count). The number of hydrogen-bond acceptors (Lipinski definition) is 3. The number of carbonyl (C=O) groups is 2. The van der Waals surface area contributed by atoms with Crippen LogP contribution in [0.1, 0.15) is 35.2 Å². The molecule has 1 amide bonds. The highest BCUT2D eigenvalue weighted by Crippen LogP contribution is 2.22. The number of carbonyl (C=O) groups excluding carboxylic acids is 1. The van der Waals surface area contributed by atoms with Crippen molar-refractivity contribution in [2.24, 2.45) is 0 Å². The van der Waals surface area contributed by atoms with E-state index in [9.17, 15) is 9.59 Å². The molecule has 0 spiro atoms. The Bertz CT molecular complexity index is 651. The highest BCUT2D eigenvalue weighted by Gasteiger charge is 2.11. The van der Waals surface area contributed by atoms with E-state index in [2.05, 4.69) is 27.9 Å². The third-order valence-electron chi connectivity index (χ3n) is 3.05. The fraction of sp³-hybridized carbons (Fsp3) is 0.200.